The van der Waals surface area contributed by atoms with Crippen LogP contribution in [0.2, 0.25) is 0 Å². The Morgan fingerprint density at radius 1 is 1.42 bits per heavy atom. The highest BCUT2D eigenvalue weighted by Crippen LogP contribution is 2.27. The lowest BCUT2D eigenvalue weighted by molar-refractivity contribution is -0.384. The minimum Gasteiger partial charge on any atom is -0.476 e. The smallest absolute Gasteiger partial charge is 0.356 e. The molecule has 0 atom stereocenters. The second-order valence-corrected chi connectivity index (χ2v) is 4.09. The SMILES string of the molecule is Cc1cccc([N+](=O)[O-])c1-n1nc(C(=O)O)cc1C. The van der Waals surface area contributed by atoms with Gasteiger partial charge in [-0.3, -0.25) is 10.1 Å². The Bertz CT molecular complexity index is 676. The normalized spacial score (nSPS) is 10.4. The third kappa shape index (κ3) is 2.17. The van der Waals surface area contributed by atoms with Crippen molar-refractivity contribution >= 4 is 11.7 Å². The van der Waals surface area contributed by atoms with Crippen molar-refractivity contribution < 1.29 is 14.8 Å². The van der Waals surface area contributed by atoms with Crippen LogP contribution in [-0.2, 0) is 0 Å². The predicted octanol–water partition coefficient (Wildman–Crippen LogP) is 2.10. The molecule has 2 rings (SSSR count). The van der Waals surface area contributed by atoms with Crippen molar-refractivity contribution in [3.8, 4) is 5.69 Å². The van der Waals surface area contributed by atoms with E-state index in [0.29, 0.717) is 11.3 Å². The van der Waals surface area contributed by atoms with Crippen molar-refractivity contribution in [2.75, 3.05) is 0 Å². The number of aromatic nitrogens is 2. The van der Waals surface area contributed by atoms with E-state index in [9.17, 15) is 14.9 Å². The van der Waals surface area contributed by atoms with E-state index in [-0.39, 0.29) is 17.1 Å². The van der Waals surface area contributed by atoms with E-state index in [1.54, 1.807) is 26.0 Å². The highest BCUT2D eigenvalue weighted by atomic mass is 16.6. The van der Waals surface area contributed by atoms with E-state index in [4.69, 9.17) is 5.11 Å². The molecule has 0 saturated carbocycles. The number of aryl methyl sites for hydroxylation is 2. The number of carboxylic acids is 1. The first-order chi connectivity index (χ1) is 8.91. The number of hydrogen-bond acceptors (Lipinski definition) is 4. The van der Waals surface area contributed by atoms with Crippen LogP contribution >= 0.6 is 0 Å². The fourth-order valence-electron chi connectivity index (χ4n) is 1.87. The summed E-state index contributed by atoms with van der Waals surface area (Å²) in [5.41, 5.74) is 1.21. The number of nitrogens with zero attached hydrogens (tertiary/aromatic N) is 3. The number of carboxylic acid groups (broad SMARTS) is 1. The van der Waals surface area contributed by atoms with E-state index in [2.05, 4.69) is 5.10 Å². The molecule has 0 amide bonds. The van der Waals surface area contributed by atoms with Crippen molar-refractivity contribution in [1.29, 1.82) is 0 Å². The molecular weight excluding hydrogens is 250 g/mol. The summed E-state index contributed by atoms with van der Waals surface area (Å²) >= 11 is 0. The first-order valence-corrected chi connectivity index (χ1v) is 5.46. The molecule has 0 aliphatic rings. The Hall–Kier alpha value is -2.70. The lowest BCUT2D eigenvalue weighted by atomic mass is 10.1. The summed E-state index contributed by atoms with van der Waals surface area (Å²) in [5, 5.41) is 23.9. The zero-order valence-corrected chi connectivity index (χ0v) is 10.3. The fourth-order valence-corrected chi connectivity index (χ4v) is 1.87. The predicted molar refractivity (Wildman–Crippen MR) is 66.7 cm³/mol. The molecular formula is C12H11N3O4. The van der Waals surface area contributed by atoms with Crippen LogP contribution in [-0.4, -0.2) is 25.8 Å². The number of para-hydroxylation sites is 1. The van der Waals surface area contributed by atoms with Crippen molar-refractivity contribution in [2.45, 2.75) is 13.8 Å². The van der Waals surface area contributed by atoms with Gasteiger partial charge in [-0.15, -0.1) is 0 Å². The van der Waals surface area contributed by atoms with Crippen LogP contribution in [0.3, 0.4) is 0 Å². The van der Waals surface area contributed by atoms with Crippen LogP contribution in [0.4, 0.5) is 5.69 Å². The van der Waals surface area contributed by atoms with Gasteiger partial charge in [0.25, 0.3) is 5.69 Å². The average molecular weight is 261 g/mol. The molecule has 7 nitrogen and oxygen atoms in total. The van der Waals surface area contributed by atoms with Gasteiger partial charge in [0.05, 0.1) is 4.92 Å². The van der Waals surface area contributed by atoms with Gasteiger partial charge in [0, 0.05) is 11.8 Å². The average Bonchev–Trinajstić information content (AvgIpc) is 2.71. The van der Waals surface area contributed by atoms with Gasteiger partial charge in [0.1, 0.15) is 5.69 Å². The molecule has 0 fully saturated rings. The van der Waals surface area contributed by atoms with Gasteiger partial charge in [-0.05, 0) is 25.5 Å². The van der Waals surface area contributed by atoms with Gasteiger partial charge < -0.3 is 5.11 Å². The molecule has 0 radical (unpaired) electrons. The molecule has 0 aliphatic carbocycles. The Morgan fingerprint density at radius 2 is 2.11 bits per heavy atom. The van der Waals surface area contributed by atoms with Crippen LogP contribution in [0.1, 0.15) is 21.7 Å². The quantitative estimate of drug-likeness (QED) is 0.673. The number of carbonyl (C=O) groups is 1. The summed E-state index contributed by atoms with van der Waals surface area (Å²) in [7, 11) is 0. The molecule has 1 N–H and O–H groups in total. The molecule has 0 unspecified atom stereocenters. The zero-order chi connectivity index (χ0) is 14.2. The van der Waals surface area contributed by atoms with Crippen LogP contribution in [0.25, 0.3) is 5.69 Å². The Balaban J connectivity index is 2.71. The monoisotopic (exact) mass is 261 g/mol. The molecule has 0 bridgehead atoms. The Kier molecular flexibility index (Phi) is 3.04. The molecule has 1 heterocycles. The van der Waals surface area contributed by atoms with E-state index in [1.165, 1.54) is 16.8 Å². The topological polar surface area (TPSA) is 98.3 Å². The molecule has 2 aromatic rings. The highest BCUT2D eigenvalue weighted by Gasteiger charge is 2.21. The van der Waals surface area contributed by atoms with Crippen LogP contribution in [0.5, 0.6) is 0 Å². The Morgan fingerprint density at radius 3 is 2.63 bits per heavy atom. The van der Waals surface area contributed by atoms with E-state index in [1.807, 2.05) is 0 Å². The van der Waals surface area contributed by atoms with Crippen molar-refractivity contribution in [3.63, 3.8) is 0 Å². The second-order valence-electron chi connectivity index (χ2n) is 4.09. The van der Waals surface area contributed by atoms with Gasteiger partial charge in [-0.2, -0.15) is 5.10 Å². The first kappa shape index (κ1) is 12.7. The first-order valence-electron chi connectivity index (χ1n) is 5.46. The third-order valence-electron chi connectivity index (χ3n) is 2.73. The van der Waals surface area contributed by atoms with Gasteiger partial charge >= 0.3 is 5.97 Å². The van der Waals surface area contributed by atoms with Gasteiger partial charge in [-0.25, -0.2) is 9.48 Å². The number of nitro groups is 1. The standard InChI is InChI=1S/C12H11N3O4/c1-7-4-3-5-10(15(18)19)11(7)14-8(2)6-9(13-14)12(16)17/h3-6H,1-2H3,(H,16,17). The molecule has 1 aromatic heterocycles. The molecule has 0 spiro atoms. The number of hydrogen-bond donors (Lipinski definition) is 1. The summed E-state index contributed by atoms with van der Waals surface area (Å²) in [6, 6.07) is 6.03. The van der Waals surface area contributed by atoms with E-state index in [0.717, 1.165) is 0 Å². The minimum absolute atomic E-state index is 0.108. The van der Waals surface area contributed by atoms with E-state index >= 15 is 0 Å². The van der Waals surface area contributed by atoms with Crippen molar-refractivity contribution in [2.24, 2.45) is 0 Å². The molecule has 0 saturated heterocycles. The van der Waals surface area contributed by atoms with Crippen molar-refractivity contribution in [1.82, 2.24) is 9.78 Å². The number of nitro benzene ring substituents is 1. The maximum absolute atomic E-state index is 11.0. The van der Waals surface area contributed by atoms with Crippen LogP contribution < -0.4 is 0 Å². The van der Waals surface area contributed by atoms with Crippen LogP contribution in [0.15, 0.2) is 24.3 Å². The lowest BCUT2D eigenvalue weighted by Crippen LogP contribution is -2.07. The van der Waals surface area contributed by atoms with Crippen LogP contribution in [0, 0.1) is 24.0 Å². The number of rotatable bonds is 3. The largest absolute Gasteiger partial charge is 0.476 e. The van der Waals surface area contributed by atoms with Crippen molar-refractivity contribution in [3.05, 3.63) is 51.3 Å². The maximum Gasteiger partial charge on any atom is 0.356 e. The minimum atomic E-state index is -1.17. The third-order valence-corrected chi connectivity index (χ3v) is 2.73. The van der Waals surface area contributed by atoms with Gasteiger partial charge in [0.2, 0.25) is 0 Å². The molecule has 0 aliphatic heterocycles. The summed E-state index contributed by atoms with van der Waals surface area (Å²) in [6.07, 6.45) is 0. The van der Waals surface area contributed by atoms with E-state index < -0.39 is 10.9 Å². The molecule has 98 valence electrons. The second kappa shape index (κ2) is 4.52. The molecule has 19 heavy (non-hydrogen) atoms. The Labute approximate surface area is 108 Å². The summed E-state index contributed by atoms with van der Waals surface area (Å²) in [4.78, 5) is 21.4. The zero-order valence-electron chi connectivity index (χ0n) is 10.3. The number of aromatic carboxylic acids is 1. The molecule has 1 aromatic carbocycles. The van der Waals surface area contributed by atoms with Gasteiger partial charge in [-0.1, -0.05) is 12.1 Å². The fraction of sp³-hybridized carbons (Fsp3) is 0.167. The summed E-state index contributed by atoms with van der Waals surface area (Å²) in [6.45, 7) is 3.36. The number of benzene rings is 1. The summed E-state index contributed by atoms with van der Waals surface area (Å²) < 4.78 is 1.29. The lowest BCUT2D eigenvalue weighted by Gasteiger charge is -2.08. The highest BCUT2D eigenvalue weighted by molar-refractivity contribution is 5.85. The molecule has 7 heteroatoms. The maximum atomic E-state index is 11.0. The summed E-state index contributed by atoms with van der Waals surface area (Å²) in [5.74, 6) is -1.17. The van der Waals surface area contributed by atoms with Gasteiger partial charge in [0.15, 0.2) is 5.69 Å².